The summed E-state index contributed by atoms with van der Waals surface area (Å²) in [6, 6.07) is 8.65. The number of hydrogen-bond acceptors (Lipinski definition) is 2. The van der Waals surface area contributed by atoms with Crippen LogP contribution in [0.15, 0.2) is 29.3 Å². The van der Waals surface area contributed by atoms with Gasteiger partial charge in [0.05, 0.1) is 6.54 Å². The molecule has 1 amide bonds. The highest BCUT2D eigenvalue weighted by Gasteiger charge is 2.44. The molecule has 3 rings (SSSR count). The average Bonchev–Trinajstić information content (AvgIpc) is 3.51. The lowest BCUT2D eigenvalue weighted by Crippen LogP contribution is -2.42. The predicted molar refractivity (Wildman–Crippen MR) is 117 cm³/mol. The number of hydrogen-bond donors (Lipinski definition) is 3. The van der Waals surface area contributed by atoms with E-state index in [9.17, 15) is 4.79 Å². The van der Waals surface area contributed by atoms with Crippen molar-refractivity contribution in [2.24, 2.45) is 10.9 Å². The normalized spacial score (nSPS) is 17.8. The first-order valence-electron chi connectivity index (χ1n) is 9.50. The Balaban J connectivity index is 0.00000243. The Hall–Kier alpha value is -1.31. The zero-order valence-electron chi connectivity index (χ0n) is 15.8. The van der Waals surface area contributed by atoms with Crippen LogP contribution in [0.2, 0.25) is 0 Å². The Morgan fingerprint density at radius 3 is 2.46 bits per heavy atom. The number of nitrogens with zero attached hydrogens (tertiary/aromatic N) is 1. The highest BCUT2D eigenvalue weighted by atomic mass is 127. The number of amides is 1. The fraction of sp³-hybridized carbons (Fsp3) is 0.600. The van der Waals surface area contributed by atoms with Gasteiger partial charge in [0.2, 0.25) is 5.91 Å². The van der Waals surface area contributed by atoms with Gasteiger partial charge in [-0.15, -0.1) is 24.0 Å². The number of halogens is 1. The number of benzene rings is 1. The molecule has 26 heavy (non-hydrogen) atoms. The molecule has 0 aliphatic heterocycles. The molecule has 5 nitrogen and oxygen atoms in total. The molecule has 1 aromatic rings. The van der Waals surface area contributed by atoms with E-state index in [1.165, 1.54) is 24.0 Å². The zero-order chi connectivity index (χ0) is 17.7. The molecule has 144 valence electrons. The number of nitrogens with one attached hydrogen (secondary N) is 3. The smallest absolute Gasteiger partial charge is 0.223 e. The Kier molecular flexibility index (Phi) is 7.73. The van der Waals surface area contributed by atoms with E-state index in [-0.39, 0.29) is 41.2 Å². The van der Waals surface area contributed by atoms with Crippen LogP contribution < -0.4 is 16.0 Å². The fourth-order valence-corrected chi connectivity index (χ4v) is 3.26. The van der Waals surface area contributed by atoms with Gasteiger partial charge in [0.15, 0.2) is 5.96 Å². The van der Waals surface area contributed by atoms with E-state index in [4.69, 9.17) is 4.99 Å². The maximum Gasteiger partial charge on any atom is 0.223 e. The Morgan fingerprint density at radius 2 is 1.85 bits per heavy atom. The van der Waals surface area contributed by atoms with Crippen LogP contribution in [-0.4, -0.2) is 38.0 Å². The van der Waals surface area contributed by atoms with Gasteiger partial charge in [-0.25, -0.2) is 0 Å². The third-order valence-corrected chi connectivity index (χ3v) is 5.12. The summed E-state index contributed by atoms with van der Waals surface area (Å²) in [5.41, 5.74) is 3.01. The molecule has 0 saturated heterocycles. The minimum Gasteiger partial charge on any atom is -0.357 e. The molecule has 3 N–H and O–H groups in total. The van der Waals surface area contributed by atoms with Crippen molar-refractivity contribution in [2.75, 3.05) is 26.2 Å². The molecule has 0 spiro atoms. The Labute approximate surface area is 173 Å². The van der Waals surface area contributed by atoms with Crippen molar-refractivity contribution in [3.8, 4) is 0 Å². The van der Waals surface area contributed by atoms with E-state index in [0.717, 1.165) is 31.9 Å². The molecule has 0 atom stereocenters. The monoisotopic (exact) mass is 470 g/mol. The summed E-state index contributed by atoms with van der Waals surface area (Å²) in [6.45, 7) is 7.23. The van der Waals surface area contributed by atoms with Gasteiger partial charge in [0.1, 0.15) is 0 Å². The third-order valence-electron chi connectivity index (χ3n) is 5.12. The largest absolute Gasteiger partial charge is 0.357 e. The van der Waals surface area contributed by atoms with Crippen LogP contribution in [0.4, 0.5) is 0 Å². The van der Waals surface area contributed by atoms with Gasteiger partial charge >= 0.3 is 0 Å². The van der Waals surface area contributed by atoms with E-state index < -0.39 is 0 Å². The number of guanidine groups is 1. The number of carbonyl (C=O) groups excluding carboxylic acids is 1. The SMILES string of the molecule is CCNC(=NCC1(c2ccccc2C)CC1)NCCNC(=O)C1CC1.I. The van der Waals surface area contributed by atoms with E-state index >= 15 is 0 Å². The lowest BCUT2D eigenvalue weighted by molar-refractivity contribution is -0.122. The van der Waals surface area contributed by atoms with Gasteiger partial charge in [-0.2, -0.15) is 0 Å². The van der Waals surface area contributed by atoms with Gasteiger partial charge in [0.25, 0.3) is 0 Å². The molecular formula is C20H31IN4O. The van der Waals surface area contributed by atoms with E-state index in [1.54, 1.807) is 0 Å². The van der Waals surface area contributed by atoms with Crippen molar-refractivity contribution < 1.29 is 4.79 Å². The van der Waals surface area contributed by atoms with Gasteiger partial charge in [-0.05, 0) is 50.7 Å². The Bertz CT molecular complexity index is 638. The van der Waals surface area contributed by atoms with Gasteiger partial charge in [-0.3, -0.25) is 9.79 Å². The number of rotatable bonds is 8. The summed E-state index contributed by atoms with van der Waals surface area (Å²) in [5.74, 6) is 1.30. The fourth-order valence-electron chi connectivity index (χ4n) is 3.26. The molecule has 0 bridgehead atoms. The second-order valence-electron chi connectivity index (χ2n) is 7.28. The maximum atomic E-state index is 11.6. The van der Waals surface area contributed by atoms with Crippen LogP contribution in [-0.2, 0) is 10.2 Å². The van der Waals surface area contributed by atoms with Crippen LogP contribution in [0.1, 0.15) is 43.7 Å². The molecule has 6 heteroatoms. The molecule has 0 unspecified atom stereocenters. The van der Waals surface area contributed by atoms with Crippen molar-refractivity contribution in [1.82, 2.24) is 16.0 Å². The number of aryl methyl sites for hydroxylation is 1. The molecule has 0 heterocycles. The van der Waals surface area contributed by atoms with Crippen LogP contribution in [0.25, 0.3) is 0 Å². The quantitative estimate of drug-likeness (QED) is 0.237. The first-order valence-corrected chi connectivity index (χ1v) is 9.50. The van der Waals surface area contributed by atoms with Crippen LogP contribution in [0.5, 0.6) is 0 Å². The highest BCUT2D eigenvalue weighted by molar-refractivity contribution is 14.0. The van der Waals surface area contributed by atoms with Crippen molar-refractivity contribution in [3.05, 3.63) is 35.4 Å². The van der Waals surface area contributed by atoms with Crippen LogP contribution in [0, 0.1) is 12.8 Å². The molecule has 1 aromatic carbocycles. The second kappa shape index (κ2) is 9.58. The van der Waals surface area contributed by atoms with E-state index in [2.05, 4.69) is 54.1 Å². The second-order valence-corrected chi connectivity index (χ2v) is 7.28. The first-order chi connectivity index (χ1) is 12.1. The lowest BCUT2D eigenvalue weighted by Gasteiger charge is -2.18. The van der Waals surface area contributed by atoms with Crippen molar-refractivity contribution in [3.63, 3.8) is 0 Å². The minimum absolute atomic E-state index is 0. The molecule has 0 aromatic heterocycles. The van der Waals surface area contributed by atoms with Gasteiger partial charge in [-0.1, -0.05) is 24.3 Å². The summed E-state index contributed by atoms with van der Waals surface area (Å²) < 4.78 is 0. The average molecular weight is 470 g/mol. The highest BCUT2D eigenvalue weighted by Crippen LogP contribution is 2.49. The molecular weight excluding hydrogens is 439 g/mol. The maximum absolute atomic E-state index is 11.6. The lowest BCUT2D eigenvalue weighted by atomic mass is 9.92. The summed E-state index contributed by atoms with van der Waals surface area (Å²) in [7, 11) is 0. The van der Waals surface area contributed by atoms with Crippen LogP contribution >= 0.6 is 24.0 Å². The number of carbonyl (C=O) groups is 1. The van der Waals surface area contributed by atoms with E-state index in [0.29, 0.717) is 13.1 Å². The number of aliphatic imine (C=N–C) groups is 1. The molecule has 2 saturated carbocycles. The summed E-state index contributed by atoms with van der Waals surface area (Å²) in [4.78, 5) is 16.5. The minimum atomic E-state index is 0. The third kappa shape index (κ3) is 5.59. The van der Waals surface area contributed by atoms with Crippen molar-refractivity contribution >= 4 is 35.8 Å². The molecule has 0 radical (unpaired) electrons. The topological polar surface area (TPSA) is 65.5 Å². The molecule has 2 fully saturated rings. The van der Waals surface area contributed by atoms with Crippen molar-refractivity contribution in [2.45, 2.75) is 44.9 Å². The predicted octanol–water partition coefficient (Wildman–Crippen LogP) is 2.73. The van der Waals surface area contributed by atoms with E-state index in [1.807, 2.05) is 0 Å². The first kappa shape index (κ1) is 21.0. The standard InChI is InChI=1S/C20H30N4O.HI/c1-3-21-19(23-13-12-22-18(25)16-8-9-16)24-14-20(10-11-20)17-7-5-4-6-15(17)2;/h4-7,16H,3,8-14H2,1-2H3,(H,22,25)(H2,21,23,24);1H. The molecule has 2 aliphatic rings. The Morgan fingerprint density at radius 1 is 1.15 bits per heavy atom. The van der Waals surface area contributed by atoms with Gasteiger partial charge in [0, 0.05) is 31.0 Å². The summed E-state index contributed by atoms with van der Waals surface area (Å²) >= 11 is 0. The van der Waals surface area contributed by atoms with Gasteiger partial charge < -0.3 is 16.0 Å². The van der Waals surface area contributed by atoms with Crippen LogP contribution in [0.3, 0.4) is 0 Å². The zero-order valence-corrected chi connectivity index (χ0v) is 18.1. The van der Waals surface area contributed by atoms with Crippen molar-refractivity contribution in [1.29, 1.82) is 0 Å². The molecule has 2 aliphatic carbocycles. The summed E-state index contributed by atoms with van der Waals surface area (Å²) in [5, 5.41) is 9.60. The summed E-state index contributed by atoms with van der Waals surface area (Å²) in [6.07, 6.45) is 4.51.